The van der Waals surface area contributed by atoms with Crippen molar-refractivity contribution < 1.29 is 80.2 Å². The van der Waals surface area contributed by atoms with Crippen molar-refractivity contribution in [3.8, 4) is 0 Å². The molecule has 28 heteroatoms. The summed E-state index contributed by atoms with van der Waals surface area (Å²) in [5.74, 6) is 0. The van der Waals surface area contributed by atoms with Crippen molar-refractivity contribution in [2.45, 2.75) is 0 Å². The standard InChI is InChI=1S/C6H7N3OP.3F6P.2H3P/c11-10-9-6-4-2-1-3-5(6)7-8-9;3*1-7(2,3,4,5)6;;/h1-4H,11H3;;;;2*1H3/q+1;3*-1;;/p+2. The maximum Gasteiger partial charge on any atom is 0.186 e. The quantitative estimate of drug-likeness (QED) is 0.224. The molecule has 3 unspecified atom stereocenters. The van der Waals surface area contributed by atoms with Crippen LogP contribution in [0.1, 0.15) is 0 Å². The Morgan fingerprint density at radius 1 is 0.588 bits per heavy atom. The Bertz CT molecular complexity index is 827. The van der Waals surface area contributed by atoms with Crippen molar-refractivity contribution >= 4 is 63.7 Å². The van der Waals surface area contributed by atoms with Gasteiger partial charge in [0.2, 0.25) is 0 Å². The molecule has 1 aromatic carbocycles. The molecule has 4 nitrogen and oxygen atoms in total. The summed E-state index contributed by atoms with van der Waals surface area (Å²) < 4.78 is 183. The summed E-state index contributed by atoms with van der Waals surface area (Å²) in [5, 5.41) is 7.65. The molecule has 0 fully saturated rings. The molecule has 0 aliphatic rings. The maximum absolute atomic E-state index is 10.7. The molecule has 0 amide bonds. The Morgan fingerprint density at radius 3 is 1.12 bits per heavy atom. The molecular formula is C6H15F18N3OP6. The second kappa shape index (κ2) is 8.94. The zero-order chi connectivity index (χ0) is 26.9. The second-order valence-electron chi connectivity index (χ2n) is 4.96. The first-order chi connectivity index (χ1) is 12.8. The SMILES string of the molecule is F[P-](F)(F)(F)(F)F.F[P-](F)(F)(F)(F)F.F[P-](F)(F)(F)(F)F.[PH3+]On1nnc2ccccc21.[PH4+].[PH4+]. The van der Waals surface area contributed by atoms with Gasteiger partial charge in [-0.3, -0.25) is 4.62 Å². The van der Waals surface area contributed by atoms with Crippen molar-refractivity contribution in [3.63, 3.8) is 0 Å². The van der Waals surface area contributed by atoms with Gasteiger partial charge < -0.3 is 0 Å². The van der Waals surface area contributed by atoms with Crippen LogP contribution in [0.3, 0.4) is 0 Å². The van der Waals surface area contributed by atoms with E-state index in [1.807, 2.05) is 24.3 Å². The predicted molar refractivity (Wildman–Crippen MR) is 111 cm³/mol. The summed E-state index contributed by atoms with van der Waals surface area (Å²) in [6.07, 6.45) is 0. The van der Waals surface area contributed by atoms with E-state index in [0.717, 1.165) is 11.0 Å². The van der Waals surface area contributed by atoms with Crippen LogP contribution < -0.4 is 4.62 Å². The molecule has 1 heterocycles. The molecule has 2 rings (SSSR count). The minimum absolute atomic E-state index is 0. The third-order valence-electron chi connectivity index (χ3n) is 1.44. The molecule has 0 saturated heterocycles. The number of halogens is 18. The molecule has 34 heavy (non-hydrogen) atoms. The number of benzene rings is 1. The number of aromatic nitrogens is 3. The van der Waals surface area contributed by atoms with Crippen LogP contribution in [-0.4, -0.2) is 15.2 Å². The van der Waals surface area contributed by atoms with Crippen LogP contribution in [0.25, 0.3) is 11.0 Å². The second-order valence-corrected chi connectivity index (χ2v) is 11.0. The Hall–Kier alpha value is -0.260. The molecule has 216 valence electrons. The molecule has 0 aliphatic carbocycles. The summed E-state index contributed by atoms with van der Waals surface area (Å²) in [5.41, 5.74) is 1.74. The van der Waals surface area contributed by atoms with E-state index in [4.69, 9.17) is 4.62 Å². The molecule has 0 spiro atoms. The van der Waals surface area contributed by atoms with E-state index in [-0.39, 0.29) is 19.8 Å². The largest absolute Gasteiger partial charge is 0.252 e. The number of hydrogen-bond acceptors (Lipinski definition) is 3. The molecule has 0 N–H and O–H groups in total. The monoisotopic (exact) mass is 673 g/mol. The van der Waals surface area contributed by atoms with Crippen molar-refractivity contribution in [1.29, 1.82) is 0 Å². The molecule has 0 radical (unpaired) electrons. The molecule has 0 aliphatic heterocycles. The fraction of sp³-hybridized carbons (Fsp3) is 0. The third-order valence-corrected chi connectivity index (χ3v) is 1.69. The van der Waals surface area contributed by atoms with E-state index >= 15 is 0 Å². The average Bonchev–Trinajstić information content (AvgIpc) is 2.69. The van der Waals surface area contributed by atoms with E-state index in [1.54, 1.807) is 0 Å². The van der Waals surface area contributed by atoms with Gasteiger partial charge in [0.1, 0.15) is 11.0 Å². The summed E-state index contributed by atoms with van der Waals surface area (Å²) >= 11 is 0. The fourth-order valence-electron chi connectivity index (χ4n) is 0.943. The van der Waals surface area contributed by atoms with E-state index in [1.165, 1.54) is 14.3 Å². The van der Waals surface area contributed by atoms with E-state index < -0.39 is 23.4 Å². The summed E-state index contributed by atoms with van der Waals surface area (Å²) in [6.45, 7) is 0. The molecule has 1 aromatic heterocycles. The summed E-state index contributed by atoms with van der Waals surface area (Å²) in [7, 11) is -30.6. The summed E-state index contributed by atoms with van der Waals surface area (Å²) in [4.78, 5) is 1.40. The van der Waals surface area contributed by atoms with Gasteiger partial charge in [-0.05, 0) is 42.0 Å². The first-order valence-electron chi connectivity index (χ1n) is 6.19. The third kappa shape index (κ3) is 63.5. The Kier molecular flexibility index (Phi) is 10.8. The van der Waals surface area contributed by atoms with Crippen molar-refractivity contribution in [3.05, 3.63) is 24.3 Å². The van der Waals surface area contributed by atoms with Crippen LogP contribution in [-0.2, 0) is 0 Å². The number of hydrogen-bond donors (Lipinski definition) is 0. The van der Waals surface area contributed by atoms with Crippen LogP contribution in [0.2, 0.25) is 0 Å². The van der Waals surface area contributed by atoms with Gasteiger partial charge >= 0.3 is 99.0 Å². The zero-order valence-corrected chi connectivity index (χ0v) is 24.0. The normalized spacial score (nSPS) is 17.7. The zero-order valence-electron chi connectivity index (χ0n) is 15.9. The number of fused-ring (bicyclic) bond motifs is 1. The van der Waals surface area contributed by atoms with Gasteiger partial charge in [0, 0.05) is 0 Å². The van der Waals surface area contributed by atoms with Gasteiger partial charge in [-0.2, -0.15) is 0 Å². The smallest absolute Gasteiger partial charge is 0.186 e. The van der Waals surface area contributed by atoms with E-state index in [0.29, 0.717) is 0 Å². The van der Waals surface area contributed by atoms with Gasteiger partial charge in [-0.1, -0.05) is 12.1 Å². The minimum Gasteiger partial charge on any atom is -0.252 e. The van der Waals surface area contributed by atoms with Crippen LogP contribution in [0.4, 0.5) is 75.5 Å². The van der Waals surface area contributed by atoms with Crippen molar-refractivity contribution in [2.75, 3.05) is 0 Å². The average molecular weight is 673 g/mol. The van der Waals surface area contributed by atoms with E-state index in [2.05, 4.69) is 10.3 Å². The van der Waals surface area contributed by atoms with Crippen LogP contribution >= 0.6 is 52.7 Å². The van der Waals surface area contributed by atoms with Gasteiger partial charge in [0.15, 0.2) is 9.47 Å². The summed E-state index contributed by atoms with van der Waals surface area (Å²) in [6, 6.07) is 7.63. The van der Waals surface area contributed by atoms with Gasteiger partial charge in [-0.15, -0.1) is 5.10 Å². The topological polar surface area (TPSA) is 39.9 Å². The molecule has 0 saturated carbocycles. The number of rotatable bonds is 1. The number of para-hydroxylation sites is 1. The predicted octanol–water partition coefficient (Wildman–Crippen LogP) is 10.1. The minimum atomic E-state index is -10.7. The van der Waals surface area contributed by atoms with Gasteiger partial charge in [-0.25, -0.2) is 0 Å². The Morgan fingerprint density at radius 2 is 0.853 bits per heavy atom. The van der Waals surface area contributed by atoms with Crippen molar-refractivity contribution in [1.82, 2.24) is 15.2 Å². The van der Waals surface area contributed by atoms with E-state index in [9.17, 15) is 75.5 Å². The molecule has 0 bridgehead atoms. The number of nitrogens with zero attached hydrogens (tertiary/aromatic N) is 3. The van der Waals surface area contributed by atoms with Crippen LogP contribution in [0.15, 0.2) is 24.3 Å². The Labute approximate surface area is 184 Å². The van der Waals surface area contributed by atoms with Gasteiger partial charge in [0.25, 0.3) is 0 Å². The Balaban J connectivity index is -0.000000178. The van der Waals surface area contributed by atoms with Crippen molar-refractivity contribution in [2.24, 2.45) is 0 Å². The van der Waals surface area contributed by atoms with Crippen LogP contribution in [0.5, 0.6) is 0 Å². The van der Waals surface area contributed by atoms with Gasteiger partial charge in [0.05, 0.1) is 0 Å². The fourth-order valence-corrected chi connectivity index (χ4v) is 1.13. The first-order valence-corrected chi connectivity index (χ1v) is 12.9. The maximum atomic E-state index is 9.87. The molecule has 3 atom stereocenters. The molecule has 2 aromatic rings. The van der Waals surface area contributed by atoms with Crippen LogP contribution in [0, 0.1) is 0 Å². The first kappa shape index (κ1) is 40.9. The molecular weight excluding hydrogens is 658 g/mol.